The van der Waals surface area contributed by atoms with E-state index in [1.807, 2.05) is 36.4 Å². The van der Waals surface area contributed by atoms with Crippen LogP contribution in [0.5, 0.6) is 11.5 Å². The summed E-state index contributed by atoms with van der Waals surface area (Å²) in [5.41, 5.74) is 2.31. The summed E-state index contributed by atoms with van der Waals surface area (Å²) in [6, 6.07) is 20.2. The molecule has 0 N–H and O–H groups in total. The molecule has 0 bridgehead atoms. The van der Waals surface area contributed by atoms with E-state index >= 15 is 0 Å². The zero-order chi connectivity index (χ0) is 21.5. The van der Waals surface area contributed by atoms with Gasteiger partial charge in [-0.05, 0) is 36.2 Å². The number of halogens is 1. The monoisotopic (exact) mass is 426 g/mol. The highest BCUT2D eigenvalue weighted by molar-refractivity contribution is 6.32. The topological polar surface area (TPSA) is 54.0 Å². The Morgan fingerprint density at radius 3 is 2.17 bits per heavy atom. The van der Waals surface area contributed by atoms with Gasteiger partial charge in [0.05, 0.1) is 5.02 Å². The van der Waals surface area contributed by atoms with Crippen molar-refractivity contribution in [2.45, 2.75) is 19.8 Å². The lowest BCUT2D eigenvalue weighted by Gasteiger charge is -2.21. The third-order valence-corrected chi connectivity index (χ3v) is 5.07. The maximum atomic E-state index is 13.0. The van der Waals surface area contributed by atoms with Crippen LogP contribution in [0, 0.1) is 6.92 Å². The minimum absolute atomic E-state index is 0.259. The second kappa shape index (κ2) is 10.3. The molecule has 0 aliphatic heterocycles. The molecule has 0 aliphatic carbocycles. The molecule has 3 aromatic rings. The van der Waals surface area contributed by atoms with Crippen molar-refractivity contribution >= 4 is 17.6 Å². The van der Waals surface area contributed by atoms with Crippen LogP contribution in [0.1, 0.15) is 33.3 Å². The standard InChI is InChI=1S/C24H23ClO5/c1-16-21(23(26)30-18-12-8-5-9-13-18)20(29-15-17-10-6-4-7-11-17)14-19(22(16)25)24(27-2)28-3/h4-14,24H,15H2,1-3H3. The Labute approximate surface area is 181 Å². The normalized spacial score (nSPS) is 10.8. The average Bonchev–Trinajstić information content (AvgIpc) is 2.77. The Morgan fingerprint density at radius 1 is 0.967 bits per heavy atom. The Kier molecular flexibility index (Phi) is 7.46. The van der Waals surface area contributed by atoms with Crippen LogP contribution in [0.3, 0.4) is 0 Å². The van der Waals surface area contributed by atoms with E-state index in [0.717, 1.165) is 5.56 Å². The van der Waals surface area contributed by atoms with E-state index in [2.05, 4.69) is 0 Å². The Morgan fingerprint density at radius 2 is 1.57 bits per heavy atom. The molecule has 0 spiro atoms. The van der Waals surface area contributed by atoms with Crippen LogP contribution in [0.15, 0.2) is 66.7 Å². The van der Waals surface area contributed by atoms with Gasteiger partial charge in [0.15, 0.2) is 6.29 Å². The SMILES string of the molecule is COC(OC)c1cc(OCc2ccccc2)c(C(=O)Oc2ccccc2)c(C)c1Cl. The van der Waals surface area contributed by atoms with Gasteiger partial charge < -0.3 is 18.9 Å². The maximum absolute atomic E-state index is 13.0. The molecule has 0 aromatic heterocycles. The second-order valence-electron chi connectivity index (χ2n) is 6.56. The second-order valence-corrected chi connectivity index (χ2v) is 6.94. The van der Waals surface area contributed by atoms with E-state index < -0.39 is 12.3 Å². The summed E-state index contributed by atoms with van der Waals surface area (Å²) < 4.78 is 22.3. The smallest absolute Gasteiger partial charge is 0.347 e. The molecular formula is C24H23ClO5. The molecule has 5 nitrogen and oxygen atoms in total. The molecule has 3 rings (SSSR count). The van der Waals surface area contributed by atoms with E-state index in [1.54, 1.807) is 37.3 Å². The van der Waals surface area contributed by atoms with Gasteiger partial charge in [0.1, 0.15) is 23.7 Å². The van der Waals surface area contributed by atoms with Gasteiger partial charge in [-0.2, -0.15) is 0 Å². The summed E-state index contributed by atoms with van der Waals surface area (Å²) in [5.74, 6) is 0.222. The largest absolute Gasteiger partial charge is 0.488 e. The van der Waals surface area contributed by atoms with Crippen molar-refractivity contribution in [2.75, 3.05) is 14.2 Å². The Balaban J connectivity index is 2.01. The first-order valence-electron chi connectivity index (χ1n) is 9.37. The molecule has 0 radical (unpaired) electrons. The van der Waals surface area contributed by atoms with Crippen LogP contribution in [-0.2, 0) is 16.1 Å². The molecule has 0 unspecified atom stereocenters. The van der Waals surface area contributed by atoms with Crippen molar-refractivity contribution in [3.63, 3.8) is 0 Å². The lowest BCUT2D eigenvalue weighted by molar-refractivity contribution is -0.106. The maximum Gasteiger partial charge on any atom is 0.347 e. The predicted molar refractivity (Wildman–Crippen MR) is 115 cm³/mol. The van der Waals surface area contributed by atoms with Crippen LogP contribution in [0.2, 0.25) is 5.02 Å². The molecule has 0 saturated carbocycles. The summed E-state index contributed by atoms with van der Waals surface area (Å²) >= 11 is 6.56. The van der Waals surface area contributed by atoms with Crippen molar-refractivity contribution in [2.24, 2.45) is 0 Å². The first-order valence-corrected chi connectivity index (χ1v) is 9.75. The minimum atomic E-state index is -0.700. The molecule has 30 heavy (non-hydrogen) atoms. The highest BCUT2D eigenvalue weighted by Crippen LogP contribution is 2.37. The van der Waals surface area contributed by atoms with Crippen molar-refractivity contribution in [3.05, 3.63) is 94.0 Å². The quantitative estimate of drug-likeness (QED) is 0.261. The fraction of sp³-hybridized carbons (Fsp3) is 0.208. The van der Waals surface area contributed by atoms with Crippen LogP contribution in [-0.4, -0.2) is 20.2 Å². The van der Waals surface area contributed by atoms with Gasteiger partial charge in [0.2, 0.25) is 0 Å². The zero-order valence-electron chi connectivity index (χ0n) is 17.1. The third-order valence-electron chi connectivity index (χ3n) is 4.57. The molecule has 0 saturated heterocycles. The van der Waals surface area contributed by atoms with Gasteiger partial charge in [-0.3, -0.25) is 0 Å². The molecule has 0 fully saturated rings. The zero-order valence-corrected chi connectivity index (χ0v) is 17.8. The van der Waals surface area contributed by atoms with Crippen molar-refractivity contribution in [3.8, 4) is 11.5 Å². The summed E-state index contributed by atoms with van der Waals surface area (Å²) in [7, 11) is 3.03. The van der Waals surface area contributed by atoms with E-state index in [-0.39, 0.29) is 12.2 Å². The number of carbonyl (C=O) groups excluding carboxylic acids is 1. The van der Waals surface area contributed by atoms with Crippen molar-refractivity contribution in [1.82, 2.24) is 0 Å². The molecule has 0 heterocycles. The molecule has 0 aliphatic rings. The summed E-state index contributed by atoms with van der Waals surface area (Å²) in [5, 5.41) is 0.357. The molecule has 0 amide bonds. The third kappa shape index (κ3) is 5.00. The lowest BCUT2D eigenvalue weighted by Crippen LogP contribution is -2.15. The van der Waals surface area contributed by atoms with Crippen LogP contribution >= 0.6 is 11.6 Å². The van der Waals surface area contributed by atoms with Gasteiger partial charge in [-0.15, -0.1) is 0 Å². The summed E-state index contributed by atoms with van der Waals surface area (Å²) in [6.45, 7) is 2.02. The van der Waals surface area contributed by atoms with E-state index in [0.29, 0.717) is 27.6 Å². The number of methoxy groups -OCH3 is 2. The number of benzene rings is 3. The first-order chi connectivity index (χ1) is 14.5. The highest BCUT2D eigenvalue weighted by Gasteiger charge is 2.26. The van der Waals surface area contributed by atoms with Gasteiger partial charge in [0, 0.05) is 19.8 Å². The summed E-state index contributed by atoms with van der Waals surface area (Å²) in [6.07, 6.45) is -0.700. The number of para-hydroxylation sites is 1. The molecule has 6 heteroatoms. The van der Waals surface area contributed by atoms with Crippen molar-refractivity contribution < 1.29 is 23.7 Å². The number of rotatable bonds is 8. The van der Waals surface area contributed by atoms with Crippen LogP contribution in [0.25, 0.3) is 0 Å². The van der Waals surface area contributed by atoms with Crippen LogP contribution in [0.4, 0.5) is 0 Å². The fourth-order valence-corrected chi connectivity index (χ4v) is 3.30. The van der Waals surface area contributed by atoms with Gasteiger partial charge in [-0.1, -0.05) is 60.1 Å². The van der Waals surface area contributed by atoms with Gasteiger partial charge >= 0.3 is 5.97 Å². The number of ether oxygens (including phenoxy) is 4. The number of hydrogen-bond donors (Lipinski definition) is 0. The minimum Gasteiger partial charge on any atom is -0.488 e. The number of carbonyl (C=O) groups is 1. The van der Waals surface area contributed by atoms with E-state index in [4.69, 9.17) is 30.5 Å². The Hall–Kier alpha value is -2.86. The van der Waals surface area contributed by atoms with E-state index in [1.165, 1.54) is 14.2 Å². The Bertz CT molecular complexity index is 985. The highest BCUT2D eigenvalue weighted by atomic mass is 35.5. The first kappa shape index (κ1) is 21.8. The molecule has 0 atom stereocenters. The molecular weight excluding hydrogens is 404 g/mol. The molecule has 156 valence electrons. The van der Waals surface area contributed by atoms with Gasteiger partial charge in [0.25, 0.3) is 0 Å². The predicted octanol–water partition coefficient (Wildman–Crippen LogP) is 5.74. The van der Waals surface area contributed by atoms with Crippen LogP contribution < -0.4 is 9.47 Å². The number of esters is 1. The lowest BCUT2D eigenvalue weighted by atomic mass is 10.0. The summed E-state index contributed by atoms with van der Waals surface area (Å²) in [4.78, 5) is 13.0. The van der Waals surface area contributed by atoms with E-state index in [9.17, 15) is 4.79 Å². The van der Waals surface area contributed by atoms with Crippen molar-refractivity contribution in [1.29, 1.82) is 0 Å². The fourth-order valence-electron chi connectivity index (χ4n) is 3.06. The number of hydrogen-bond acceptors (Lipinski definition) is 5. The average molecular weight is 427 g/mol. The molecule has 3 aromatic carbocycles. The van der Waals surface area contributed by atoms with Gasteiger partial charge in [-0.25, -0.2) is 4.79 Å².